The quantitative estimate of drug-likeness (QED) is 0.493. The third-order valence-electron chi connectivity index (χ3n) is 1.81. The highest BCUT2D eigenvalue weighted by atomic mass is 32.2. The molecular weight excluding hydrogens is 176 g/mol. The van der Waals surface area contributed by atoms with Crippen LogP contribution in [0.15, 0.2) is 23.5 Å². The molecule has 0 heterocycles. The van der Waals surface area contributed by atoms with Crippen LogP contribution in [0.3, 0.4) is 0 Å². The molecule has 1 aliphatic rings. The molecule has 4 nitrogen and oxygen atoms in total. The van der Waals surface area contributed by atoms with Gasteiger partial charge in [-0.25, -0.2) is 0 Å². The predicted molar refractivity (Wildman–Crippen MR) is 47.6 cm³/mol. The maximum absolute atomic E-state index is 10.7. The van der Waals surface area contributed by atoms with E-state index in [1.807, 2.05) is 0 Å². The van der Waals surface area contributed by atoms with Crippen molar-refractivity contribution in [1.29, 1.82) is 0 Å². The van der Waals surface area contributed by atoms with E-state index in [0.717, 1.165) is 0 Å². The van der Waals surface area contributed by atoms with Crippen molar-refractivity contribution in [3.8, 4) is 0 Å². The van der Waals surface area contributed by atoms with Crippen molar-refractivity contribution >= 4 is 15.2 Å². The van der Waals surface area contributed by atoms with Gasteiger partial charge >= 0.3 is 0 Å². The zero-order valence-electron chi connectivity index (χ0n) is 6.61. The molecule has 0 radical (unpaired) electrons. The molecule has 5 heteroatoms. The summed E-state index contributed by atoms with van der Waals surface area (Å²) in [5, 5.41) is 0. The van der Waals surface area contributed by atoms with Gasteiger partial charge in [0.2, 0.25) is 10.3 Å². The van der Waals surface area contributed by atoms with Crippen molar-refractivity contribution in [3.05, 3.63) is 23.5 Å². The van der Waals surface area contributed by atoms with E-state index in [4.69, 9.17) is 11.5 Å². The van der Waals surface area contributed by atoms with Crippen LogP contribution in [0.5, 0.6) is 0 Å². The molecule has 1 atom stereocenters. The Morgan fingerprint density at radius 1 is 1.33 bits per heavy atom. The molecule has 0 aliphatic heterocycles. The summed E-state index contributed by atoms with van der Waals surface area (Å²) < 4.78 is 21.4. The molecule has 1 aliphatic carbocycles. The highest BCUT2D eigenvalue weighted by molar-refractivity contribution is 7.73. The van der Waals surface area contributed by atoms with E-state index < -0.39 is 10.3 Å². The van der Waals surface area contributed by atoms with Gasteiger partial charge in [-0.3, -0.25) is 0 Å². The maximum Gasteiger partial charge on any atom is 0.220 e. The molecule has 0 fully saturated rings. The molecule has 0 amide bonds. The normalized spacial score (nSPS) is 23.1. The highest BCUT2D eigenvalue weighted by Gasteiger charge is 2.20. The lowest BCUT2D eigenvalue weighted by Gasteiger charge is -2.16. The Hall–Kier alpha value is -1.23. The number of rotatable bonds is 0. The SMILES string of the molecule is CC1C(N)=CC=C(N)C1=S(=O)=O. The molecule has 1 rings (SSSR count). The van der Waals surface area contributed by atoms with Crippen molar-refractivity contribution in [3.63, 3.8) is 0 Å². The van der Waals surface area contributed by atoms with Crippen LogP contribution in [-0.4, -0.2) is 13.3 Å². The predicted octanol–water partition coefficient (Wildman–Crippen LogP) is -0.627. The lowest BCUT2D eigenvalue weighted by atomic mass is 9.97. The molecule has 0 saturated heterocycles. The second kappa shape index (κ2) is 3.02. The molecule has 0 bridgehead atoms. The Bertz CT molecular complexity index is 382. The number of hydrogen-bond donors (Lipinski definition) is 2. The van der Waals surface area contributed by atoms with Crippen molar-refractivity contribution in [2.45, 2.75) is 6.92 Å². The van der Waals surface area contributed by atoms with Crippen LogP contribution in [0.1, 0.15) is 6.92 Å². The Morgan fingerprint density at radius 2 is 1.92 bits per heavy atom. The summed E-state index contributed by atoms with van der Waals surface area (Å²) in [5.74, 6) is -0.312. The Labute approximate surface area is 72.1 Å². The summed E-state index contributed by atoms with van der Waals surface area (Å²) in [4.78, 5) is 0.176. The minimum absolute atomic E-state index is 0.176. The molecule has 4 N–H and O–H groups in total. The van der Waals surface area contributed by atoms with Crippen LogP contribution in [-0.2, 0) is 10.3 Å². The minimum atomic E-state index is -2.28. The van der Waals surface area contributed by atoms with Crippen LogP contribution < -0.4 is 11.5 Å². The first kappa shape index (κ1) is 8.86. The van der Waals surface area contributed by atoms with E-state index in [9.17, 15) is 8.42 Å². The molecule has 0 aromatic rings. The fourth-order valence-electron chi connectivity index (χ4n) is 1.05. The summed E-state index contributed by atoms with van der Waals surface area (Å²) in [5.41, 5.74) is 11.8. The molecule has 0 aromatic carbocycles. The van der Waals surface area contributed by atoms with Crippen LogP contribution in [0, 0.1) is 5.92 Å². The van der Waals surface area contributed by atoms with Gasteiger partial charge in [-0.1, -0.05) is 6.92 Å². The first-order chi connectivity index (χ1) is 5.54. The Kier molecular flexibility index (Phi) is 2.23. The Balaban J connectivity index is 3.34. The second-order valence-corrected chi connectivity index (χ2v) is 3.52. The molecule has 0 spiro atoms. The van der Waals surface area contributed by atoms with Gasteiger partial charge in [0.1, 0.15) is 4.86 Å². The molecule has 12 heavy (non-hydrogen) atoms. The fourth-order valence-corrected chi connectivity index (χ4v) is 1.74. The standard InChI is InChI=1S/C7H10N2O2S/c1-4-5(8)2-3-6(9)7(4)12(10)11/h2-4H,8-9H2,1H3. The second-order valence-electron chi connectivity index (χ2n) is 2.61. The fraction of sp³-hybridized carbons (Fsp3) is 0.286. The van der Waals surface area contributed by atoms with Gasteiger partial charge < -0.3 is 11.5 Å². The molecule has 0 saturated carbocycles. The third-order valence-corrected chi connectivity index (χ3v) is 2.76. The number of hydrogen-bond acceptors (Lipinski definition) is 4. The lowest BCUT2D eigenvalue weighted by Crippen LogP contribution is -2.27. The van der Waals surface area contributed by atoms with E-state index >= 15 is 0 Å². The number of allylic oxidation sites excluding steroid dienone is 4. The number of nitrogens with two attached hydrogens (primary N) is 2. The van der Waals surface area contributed by atoms with E-state index in [-0.39, 0.29) is 16.5 Å². The summed E-state index contributed by atoms with van der Waals surface area (Å²) in [7, 11) is -2.28. The molecular formula is C7H10N2O2S. The van der Waals surface area contributed by atoms with Crippen LogP contribution in [0.25, 0.3) is 0 Å². The third kappa shape index (κ3) is 1.35. The van der Waals surface area contributed by atoms with Crippen LogP contribution in [0.4, 0.5) is 0 Å². The first-order valence-corrected chi connectivity index (χ1v) is 4.51. The molecule has 1 unspecified atom stereocenters. The van der Waals surface area contributed by atoms with Crippen LogP contribution in [0.2, 0.25) is 0 Å². The first-order valence-electron chi connectivity index (χ1n) is 3.43. The zero-order valence-corrected chi connectivity index (χ0v) is 7.43. The summed E-state index contributed by atoms with van der Waals surface area (Å²) in [6.45, 7) is 1.71. The van der Waals surface area contributed by atoms with E-state index in [1.165, 1.54) is 6.08 Å². The van der Waals surface area contributed by atoms with Crippen molar-refractivity contribution in [1.82, 2.24) is 0 Å². The van der Waals surface area contributed by atoms with Gasteiger partial charge in [-0.05, 0) is 12.2 Å². The van der Waals surface area contributed by atoms with Gasteiger partial charge in [0, 0.05) is 11.6 Å². The zero-order chi connectivity index (χ0) is 9.30. The van der Waals surface area contributed by atoms with Crippen molar-refractivity contribution < 1.29 is 8.42 Å². The average Bonchev–Trinajstić information content (AvgIpc) is 1.97. The molecule has 0 aromatic heterocycles. The smallest absolute Gasteiger partial charge is 0.220 e. The van der Waals surface area contributed by atoms with Crippen molar-refractivity contribution in [2.75, 3.05) is 0 Å². The summed E-state index contributed by atoms with van der Waals surface area (Å²) in [6, 6.07) is 0. The van der Waals surface area contributed by atoms with Gasteiger partial charge in [-0.15, -0.1) is 0 Å². The van der Waals surface area contributed by atoms with Gasteiger partial charge in [0.15, 0.2) is 0 Å². The van der Waals surface area contributed by atoms with Gasteiger partial charge in [0.25, 0.3) is 0 Å². The monoisotopic (exact) mass is 186 g/mol. The van der Waals surface area contributed by atoms with Crippen molar-refractivity contribution in [2.24, 2.45) is 17.4 Å². The topological polar surface area (TPSA) is 86.2 Å². The molecule has 66 valence electrons. The van der Waals surface area contributed by atoms with Gasteiger partial charge in [0.05, 0.1) is 5.70 Å². The van der Waals surface area contributed by atoms with Crippen LogP contribution >= 0.6 is 0 Å². The lowest BCUT2D eigenvalue weighted by molar-refractivity contribution is 0.626. The van der Waals surface area contributed by atoms with E-state index in [1.54, 1.807) is 13.0 Å². The Morgan fingerprint density at radius 3 is 2.33 bits per heavy atom. The van der Waals surface area contributed by atoms with E-state index in [2.05, 4.69) is 0 Å². The average molecular weight is 186 g/mol. The van der Waals surface area contributed by atoms with E-state index in [0.29, 0.717) is 5.70 Å². The van der Waals surface area contributed by atoms with Gasteiger partial charge in [-0.2, -0.15) is 8.42 Å². The largest absolute Gasteiger partial charge is 0.402 e. The minimum Gasteiger partial charge on any atom is -0.402 e. The summed E-state index contributed by atoms with van der Waals surface area (Å²) >= 11 is 0. The highest BCUT2D eigenvalue weighted by Crippen LogP contribution is 2.15. The summed E-state index contributed by atoms with van der Waals surface area (Å²) in [6.07, 6.45) is 3.12. The maximum atomic E-state index is 10.7.